The molecule has 1 N–H and O–H groups in total. The number of hydrogen-bond acceptors (Lipinski definition) is 5. The molecule has 1 atom stereocenters. The summed E-state index contributed by atoms with van der Waals surface area (Å²) >= 11 is 5.86. The highest BCUT2D eigenvalue weighted by atomic mass is 35.5. The number of nitrogens with one attached hydrogen (secondary N) is 1. The van der Waals surface area contributed by atoms with Gasteiger partial charge < -0.3 is 14.8 Å². The van der Waals surface area contributed by atoms with Gasteiger partial charge in [0, 0.05) is 24.7 Å². The van der Waals surface area contributed by atoms with Crippen molar-refractivity contribution in [2.75, 3.05) is 27.3 Å². The highest BCUT2D eigenvalue weighted by Crippen LogP contribution is 2.28. The number of sulfonamides is 1. The van der Waals surface area contributed by atoms with E-state index in [2.05, 4.69) is 5.32 Å². The fraction of sp³-hybridized carbons (Fsp3) is 0.381. The number of ether oxygens (including phenoxy) is 2. The maximum absolute atomic E-state index is 12.9. The minimum atomic E-state index is -3.66. The van der Waals surface area contributed by atoms with Gasteiger partial charge in [-0.2, -0.15) is 4.31 Å². The topological polar surface area (TPSA) is 84.9 Å². The SMILES string of the molecule is COc1ccc(CNC(=O)C2CCCN(S(=O)(=O)c3ccc(Cl)cc3)C2)cc1OC. The summed E-state index contributed by atoms with van der Waals surface area (Å²) < 4.78 is 37.7. The Kier molecular flexibility index (Phi) is 7.23. The van der Waals surface area contributed by atoms with Crippen LogP contribution in [0.1, 0.15) is 18.4 Å². The molecule has 2 aromatic rings. The molecule has 1 aliphatic heterocycles. The smallest absolute Gasteiger partial charge is 0.243 e. The van der Waals surface area contributed by atoms with Gasteiger partial charge in [-0.1, -0.05) is 17.7 Å². The van der Waals surface area contributed by atoms with Crippen molar-refractivity contribution in [2.45, 2.75) is 24.3 Å². The Morgan fingerprint density at radius 3 is 2.50 bits per heavy atom. The third-order valence-corrected chi connectivity index (χ3v) is 7.25. The number of carbonyl (C=O) groups is 1. The van der Waals surface area contributed by atoms with E-state index in [4.69, 9.17) is 21.1 Å². The summed E-state index contributed by atoms with van der Waals surface area (Å²) in [5, 5.41) is 3.37. The lowest BCUT2D eigenvalue weighted by Crippen LogP contribution is -2.45. The van der Waals surface area contributed by atoms with E-state index in [1.165, 1.54) is 16.4 Å². The highest BCUT2D eigenvalue weighted by molar-refractivity contribution is 7.89. The molecule has 1 fully saturated rings. The second-order valence-corrected chi connectivity index (χ2v) is 9.44. The molecule has 30 heavy (non-hydrogen) atoms. The largest absolute Gasteiger partial charge is 0.493 e. The molecule has 9 heteroatoms. The Labute approximate surface area is 182 Å². The normalized spacial score (nSPS) is 17.4. The fourth-order valence-electron chi connectivity index (χ4n) is 3.45. The monoisotopic (exact) mass is 452 g/mol. The predicted molar refractivity (Wildman–Crippen MR) is 114 cm³/mol. The molecule has 0 saturated carbocycles. The van der Waals surface area contributed by atoms with Gasteiger partial charge in [0.05, 0.1) is 25.0 Å². The van der Waals surface area contributed by atoms with Crippen molar-refractivity contribution >= 4 is 27.5 Å². The van der Waals surface area contributed by atoms with Crippen LogP contribution < -0.4 is 14.8 Å². The van der Waals surface area contributed by atoms with Crippen LogP contribution in [0.25, 0.3) is 0 Å². The first-order valence-corrected chi connectivity index (χ1v) is 11.4. The number of amides is 1. The Hall–Kier alpha value is -2.29. The Morgan fingerprint density at radius 1 is 1.13 bits per heavy atom. The van der Waals surface area contributed by atoms with Crippen molar-refractivity contribution < 1.29 is 22.7 Å². The van der Waals surface area contributed by atoms with Crippen LogP contribution in [0.4, 0.5) is 0 Å². The number of methoxy groups -OCH3 is 2. The van der Waals surface area contributed by atoms with Crippen molar-refractivity contribution in [3.63, 3.8) is 0 Å². The lowest BCUT2D eigenvalue weighted by atomic mass is 9.98. The molecule has 1 heterocycles. The molecular weight excluding hydrogens is 428 g/mol. The van der Waals surface area contributed by atoms with Gasteiger partial charge in [0.25, 0.3) is 0 Å². The first kappa shape index (κ1) is 22.4. The van der Waals surface area contributed by atoms with Gasteiger partial charge in [0.1, 0.15) is 0 Å². The third-order valence-electron chi connectivity index (χ3n) is 5.12. The van der Waals surface area contributed by atoms with Crippen LogP contribution in [0, 0.1) is 5.92 Å². The highest BCUT2D eigenvalue weighted by Gasteiger charge is 2.33. The van der Waals surface area contributed by atoms with E-state index in [9.17, 15) is 13.2 Å². The Morgan fingerprint density at radius 2 is 1.83 bits per heavy atom. The van der Waals surface area contributed by atoms with Crippen molar-refractivity contribution in [1.82, 2.24) is 9.62 Å². The molecule has 0 radical (unpaired) electrons. The lowest BCUT2D eigenvalue weighted by molar-refractivity contribution is -0.126. The number of benzene rings is 2. The zero-order valence-corrected chi connectivity index (χ0v) is 18.5. The quantitative estimate of drug-likeness (QED) is 0.697. The molecule has 0 bridgehead atoms. The number of hydrogen-bond donors (Lipinski definition) is 1. The van der Waals surface area contributed by atoms with Crippen LogP contribution in [-0.4, -0.2) is 45.9 Å². The van der Waals surface area contributed by atoms with E-state index in [0.29, 0.717) is 42.5 Å². The molecule has 1 unspecified atom stereocenters. The Balaban J connectivity index is 1.64. The molecule has 0 spiro atoms. The fourth-order valence-corrected chi connectivity index (χ4v) is 5.10. The van der Waals surface area contributed by atoms with Crippen molar-refractivity contribution in [3.05, 3.63) is 53.1 Å². The molecule has 1 amide bonds. The van der Waals surface area contributed by atoms with Crippen molar-refractivity contribution in [1.29, 1.82) is 0 Å². The zero-order valence-electron chi connectivity index (χ0n) is 16.9. The van der Waals surface area contributed by atoms with Gasteiger partial charge in [0.15, 0.2) is 11.5 Å². The van der Waals surface area contributed by atoms with Crippen LogP contribution in [-0.2, 0) is 21.4 Å². The van der Waals surface area contributed by atoms with Crippen LogP contribution in [0.3, 0.4) is 0 Å². The van der Waals surface area contributed by atoms with Crippen molar-refractivity contribution in [2.24, 2.45) is 5.92 Å². The molecule has 3 rings (SSSR count). The summed E-state index contributed by atoms with van der Waals surface area (Å²) in [7, 11) is -0.550. The van der Waals surface area contributed by atoms with Gasteiger partial charge in [-0.25, -0.2) is 8.42 Å². The van der Waals surface area contributed by atoms with E-state index in [1.807, 2.05) is 6.07 Å². The summed E-state index contributed by atoms with van der Waals surface area (Å²) in [5.74, 6) is 0.631. The van der Waals surface area contributed by atoms with Crippen LogP contribution in [0.15, 0.2) is 47.4 Å². The first-order chi connectivity index (χ1) is 14.3. The minimum absolute atomic E-state index is 0.155. The maximum Gasteiger partial charge on any atom is 0.243 e. The number of rotatable bonds is 7. The standard InChI is InChI=1S/C21H25ClN2O5S/c1-28-19-10-5-15(12-20(19)29-2)13-23-21(25)16-4-3-11-24(14-16)30(26,27)18-8-6-17(22)7-9-18/h5-10,12,16H,3-4,11,13-14H2,1-2H3,(H,23,25). The van der Waals surface area contributed by atoms with Crippen LogP contribution in [0.5, 0.6) is 11.5 Å². The average Bonchev–Trinajstić information content (AvgIpc) is 2.77. The molecular formula is C21H25ClN2O5S. The number of halogens is 1. The van der Waals surface area contributed by atoms with E-state index in [0.717, 1.165) is 5.56 Å². The number of nitrogens with zero attached hydrogens (tertiary/aromatic N) is 1. The van der Waals surface area contributed by atoms with Gasteiger partial charge in [-0.15, -0.1) is 0 Å². The summed E-state index contributed by atoms with van der Waals surface area (Å²) in [4.78, 5) is 12.9. The predicted octanol–water partition coefficient (Wildman–Crippen LogP) is 3.07. The molecule has 162 valence electrons. The number of carbonyl (C=O) groups excluding carboxylic acids is 1. The summed E-state index contributed by atoms with van der Waals surface area (Å²) in [6, 6.07) is 11.5. The van der Waals surface area contributed by atoms with Gasteiger partial charge >= 0.3 is 0 Å². The molecule has 0 aromatic heterocycles. The second-order valence-electron chi connectivity index (χ2n) is 7.06. The summed E-state index contributed by atoms with van der Waals surface area (Å²) in [6.45, 7) is 0.868. The van der Waals surface area contributed by atoms with E-state index >= 15 is 0 Å². The van der Waals surface area contributed by atoms with E-state index in [1.54, 1.807) is 38.5 Å². The summed E-state index contributed by atoms with van der Waals surface area (Å²) in [5.41, 5.74) is 0.863. The molecule has 7 nitrogen and oxygen atoms in total. The van der Waals surface area contributed by atoms with Crippen LogP contribution >= 0.6 is 11.6 Å². The van der Waals surface area contributed by atoms with Gasteiger partial charge in [-0.05, 0) is 54.8 Å². The van der Waals surface area contributed by atoms with Crippen molar-refractivity contribution in [3.8, 4) is 11.5 Å². The molecule has 0 aliphatic carbocycles. The minimum Gasteiger partial charge on any atom is -0.493 e. The molecule has 1 saturated heterocycles. The number of piperidine rings is 1. The summed E-state index contributed by atoms with van der Waals surface area (Å²) in [6.07, 6.45) is 1.27. The Bertz CT molecular complexity index is 995. The zero-order chi connectivity index (χ0) is 21.7. The van der Waals surface area contributed by atoms with Gasteiger partial charge in [0.2, 0.25) is 15.9 Å². The van der Waals surface area contributed by atoms with E-state index in [-0.39, 0.29) is 17.3 Å². The maximum atomic E-state index is 12.9. The average molecular weight is 453 g/mol. The third kappa shape index (κ3) is 5.06. The molecule has 1 aliphatic rings. The first-order valence-electron chi connectivity index (χ1n) is 9.59. The second kappa shape index (κ2) is 9.68. The molecule has 2 aromatic carbocycles. The van der Waals surface area contributed by atoms with E-state index < -0.39 is 15.9 Å². The van der Waals surface area contributed by atoms with Gasteiger partial charge in [-0.3, -0.25) is 4.79 Å². The van der Waals surface area contributed by atoms with Crippen LogP contribution in [0.2, 0.25) is 5.02 Å². The lowest BCUT2D eigenvalue weighted by Gasteiger charge is -2.31.